The van der Waals surface area contributed by atoms with E-state index in [-0.39, 0.29) is 0 Å². The molecule has 1 saturated carbocycles. The fraction of sp³-hybridized carbons (Fsp3) is 0.684. The fourth-order valence-electron chi connectivity index (χ4n) is 3.95. The predicted molar refractivity (Wildman–Crippen MR) is 89.3 cm³/mol. The van der Waals surface area contributed by atoms with Crippen LogP contribution in [0.25, 0.3) is 0 Å². The van der Waals surface area contributed by atoms with Crippen LogP contribution in [-0.4, -0.2) is 30.6 Å². The van der Waals surface area contributed by atoms with Crippen molar-refractivity contribution in [3.05, 3.63) is 35.9 Å². The second-order valence-corrected chi connectivity index (χ2v) is 6.95. The summed E-state index contributed by atoms with van der Waals surface area (Å²) in [5, 5.41) is 3.80. The molecule has 3 rings (SSSR count). The monoisotopic (exact) mass is 286 g/mol. The zero-order valence-electron chi connectivity index (χ0n) is 13.3. The normalized spacial score (nSPS) is 24.5. The first-order valence-electron chi connectivity index (χ1n) is 8.90. The molecule has 116 valence electrons. The Labute approximate surface area is 129 Å². The van der Waals surface area contributed by atoms with Crippen molar-refractivity contribution >= 4 is 0 Å². The molecule has 1 atom stereocenters. The number of likely N-dealkylation sites (tertiary alicyclic amines) is 1. The summed E-state index contributed by atoms with van der Waals surface area (Å²) in [6, 6.07) is 11.6. The van der Waals surface area contributed by atoms with Crippen LogP contribution in [0.3, 0.4) is 0 Å². The van der Waals surface area contributed by atoms with Crippen LogP contribution in [0.15, 0.2) is 30.3 Å². The zero-order chi connectivity index (χ0) is 14.3. The van der Waals surface area contributed by atoms with Gasteiger partial charge in [-0.15, -0.1) is 0 Å². The molecule has 1 aliphatic heterocycles. The molecule has 21 heavy (non-hydrogen) atoms. The lowest BCUT2D eigenvalue weighted by molar-refractivity contribution is 0.309. The van der Waals surface area contributed by atoms with E-state index in [9.17, 15) is 0 Å². The van der Waals surface area contributed by atoms with Crippen LogP contribution in [0.4, 0.5) is 0 Å². The quantitative estimate of drug-likeness (QED) is 0.855. The lowest BCUT2D eigenvalue weighted by Gasteiger charge is -2.22. The van der Waals surface area contributed by atoms with Crippen LogP contribution in [0.5, 0.6) is 0 Å². The first-order valence-corrected chi connectivity index (χ1v) is 8.90. The Balaban J connectivity index is 1.33. The molecule has 2 aliphatic rings. The van der Waals surface area contributed by atoms with Crippen LogP contribution in [0.1, 0.15) is 50.5 Å². The minimum absolute atomic E-state index is 0.720. The molecular formula is C19H30N2. The standard InChI is InChI=1S/C19H30N2/c1-3-7-17(8-4-1)11-13-20-19-12-14-21(16-19)15-18-9-5-2-6-10-18/h2,5-6,9-10,17,19-20H,1,3-4,7-8,11-16H2. The van der Waals surface area contributed by atoms with Gasteiger partial charge >= 0.3 is 0 Å². The molecule has 0 amide bonds. The van der Waals surface area contributed by atoms with E-state index < -0.39 is 0 Å². The van der Waals surface area contributed by atoms with Crippen molar-refractivity contribution in [2.24, 2.45) is 5.92 Å². The Morgan fingerprint density at radius 2 is 1.81 bits per heavy atom. The Hall–Kier alpha value is -0.860. The Bertz CT molecular complexity index is 397. The van der Waals surface area contributed by atoms with E-state index in [1.807, 2.05) is 0 Å². The summed E-state index contributed by atoms with van der Waals surface area (Å²) in [5.41, 5.74) is 1.44. The molecular weight excluding hydrogens is 256 g/mol. The summed E-state index contributed by atoms with van der Waals surface area (Å²) >= 11 is 0. The Morgan fingerprint density at radius 3 is 2.62 bits per heavy atom. The van der Waals surface area contributed by atoms with E-state index in [1.54, 1.807) is 0 Å². The van der Waals surface area contributed by atoms with E-state index in [0.717, 1.165) is 18.5 Å². The Morgan fingerprint density at radius 1 is 1.00 bits per heavy atom. The summed E-state index contributed by atoms with van der Waals surface area (Å²) in [7, 11) is 0. The number of hydrogen-bond acceptors (Lipinski definition) is 2. The molecule has 0 radical (unpaired) electrons. The molecule has 1 saturated heterocycles. The maximum atomic E-state index is 3.80. The van der Waals surface area contributed by atoms with Gasteiger partial charge in [0, 0.05) is 25.7 Å². The number of nitrogens with one attached hydrogen (secondary N) is 1. The maximum Gasteiger partial charge on any atom is 0.0234 e. The Kier molecular flexibility index (Phi) is 5.70. The van der Waals surface area contributed by atoms with Gasteiger partial charge in [0.15, 0.2) is 0 Å². The summed E-state index contributed by atoms with van der Waals surface area (Å²) in [5.74, 6) is 1.01. The third-order valence-corrected chi connectivity index (χ3v) is 5.23. The van der Waals surface area contributed by atoms with Crippen LogP contribution in [0.2, 0.25) is 0 Å². The summed E-state index contributed by atoms with van der Waals surface area (Å²) in [4.78, 5) is 2.59. The maximum absolute atomic E-state index is 3.80. The number of benzene rings is 1. The SMILES string of the molecule is c1ccc(CN2CCC(NCCC3CCCCC3)C2)cc1. The van der Waals surface area contributed by atoms with Crippen LogP contribution in [0, 0.1) is 5.92 Å². The third-order valence-electron chi connectivity index (χ3n) is 5.23. The minimum Gasteiger partial charge on any atom is -0.313 e. The second-order valence-electron chi connectivity index (χ2n) is 6.95. The predicted octanol–water partition coefficient (Wildman–Crippen LogP) is 3.82. The van der Waals surface area contributed by atoms with Crippen molar-refractivity contribution in [2.75, 3.05) is 19.6 Å². The highest BCUT2D eigenvalue weighted by atomic mass is 15.2. The fourth-order valence-corrected chi connectivity index (χ4v) is 3.95. The summed E-state index contributed by atoms with van der Waals surface area (Å²) < 4.78 is 0. The van der Waals surface area contributed by atoms with Gasteiger partial charge in [0.1, 0.15) is 0 Å². The van der Waals surface area contributed by atoms with Gasteiger partial charge in [0.25, 0.3) is 0 Å². The molecule has 1 aliphatic carbocycles. The van der Waals surface area contributed by atoms with Gasteiger partial charge in [0.2, 0.25) is 0 Å². The molecule has 0 aromatic heterocycles. The zero-order valence-corrected chi connectivity index (χ0v) is 13.3. The van der Waals surface area contributed by atoms with Crippen molar-refractivity contribution in [2.45, 2.75) is 57.5 Å². The average Bonchev–Trinajstić information content (AvgIpc) is 2.97. The van der Waals surface area contributed by atoms with E-state index >= 15 is 0 Å². The van der Waals surface area contributed by atoms with Gasteiger partial charge in [-0.3, -0.25) is 4.90 Å². The lowest BCUT2D eigenvalue weighted by Crippen LogP contribution is -2.33. The highest BCUT2D eigenvalue weighted by molar-refractivity contribution is 5.14. The van der Waals surface area contributed by atoms with Gasteiger partial charge in [-0.1, -0.05) is 62.4 Å². The van der Waals surface area contributed by atoms with Gasteiger partial charge in [-0.05, 0) is 30.9 Å². The first kappa shape index (κ1) is 15.1. The first-order chi connectivity index (χ1) is 10.4. The summed E-state index contributed by atoms with van der Waals surface area (Å²) in [6.07, 6.45) is 10.1. The molecule has 2 fully saturated rings. The van der Waals surface area contributed by atoms with Crippen molar-refractivity contribution in [1.82, 2.24) is 10.2 Å². The van der Waals surface area contributed by atoms with Crippen LogP contribution >= 0.6 is 0 Å². The van der Waals surface area contributed by atoms with Crippen molar-refractivity contribution in [3.63, 3.8) is 0 Å². The average molecular weight is 286 g/mol. The van der Waals surface area contributed by atoms with Gasteiger partial charge in [-0.25, -0.2) is 0 Å². The topological polar surface area (TPSA) is 15.3 Å². The van der Waals surface area contributed by atoms with Crippen molar-refractivity contribution in [3.8, 4) is 0 Å². The van der Waals surface area contributed by atoms with E-state index in [0.29, 0.717) is 0 Å². The minimum atomic E-state index is 0.720. The van der Waals surface area contributed by atoms with Gasteiger partial charge in [-0.2, -0.15) is 0 Å². The molecule has 1 N–H and O–H groups in total. The number of hydrogen-bond donors (Lipinski definition) is 1. The van der Waals surface area contributed by atoms with Crippen molar-refractivity contribution < 1.29 is 0 Å². The van der Waals surface area contributed by atoms with Crippen molar-refractivity contribution in [1.29, 1.82) is 0 Å². The molecule has 2 nitrogen and oxygen atoms in total. The molecule has 0 spiro atoms. The van der Waals surface area contributed by atoms with Crippen LogP contribution < -0.4 is 5.32 Å². The highest BCUT2D eigenvalue weighted by Gasteiger charge is 2.22. The number of rotatable bonds is 6. The third kappa shape index (κ3) is 4.82. The number of nitrogens with zero attached hydrogens (tertiary/aromatic N) is 1. The molecule has 1 aromatic carbocycles. The van der Waals surface area contributed by atoms with E-state index in [2.05, 4.69) is 40.5 Å². The molecule has 1 aromatic rings. The van der Waals surface area contributed by atoms with E-state index in [1.165, 1.54) is 70.1 Å². The van der Waals surface area contributed by atoms with Gasteiger partial charge in [0.05, 0.1) is 0 Å². The molecule has 1 heterocycles. The summed E-state index contributed by atoms with van der Waals surface area (Å²) in [6.45, 7) is 4.81. The molecule has 1 unspecified atom stereocenters. The smallest absolute Gasteiger partial charge is 0.0234 e. The van der Waals surface area contributed by atoms with Crippen LogP contribution in [-0.2, 0) is 6.54 Å². The van der Waals surface area contributed by atoms with E-state index in [4.69, 9.17) is 0 Å². The lowest BCUT2D eigenvalue weighted by atomic mass is 9.87. The highest BCUT2D eigenvalue weighted by Crippen LogP contribution is 2.25. The van der Waals surface area contributed by atoms with Gasteiger partial charge < -0.3 is 5.32 Å². The molecule has 2 heteroatoms. The molecule has 0 bridgehead atoms. The second kappa shape index (κ2) is 7.95. The largest absolute Gasteiger partial charge is 0.313 e.